The zero-order chi connectivity index (χ0) is 24.5. The number of para-hydroxylation sites is 1. The molecule has 0 saturated heterocycles. The van der Waals surface area contributed by atoms with Gasteiger partial charge in [-0.25, -0.2) is 13.1 Å². The summed E-state index contributed by atoms with van der Waals surface area (Å²) >= 11 is 6.19. The van der Waals surface area contributed by atoms with Crippen molar-refractivity contribution in [3.63, 3.8) is 0 Å². The van der Waals surface area contributed by atoms with E-state index in [-0.39, 0.29) is 22.2 Å². The van der Waals surface area contributed by atoms with E-state index < -0.39 is 21.7 Å². The molecule has 4 aromatic rings. The van der Waals surface area contributed by atoms with Gasteiger partial charge >= 0.3 is 6.18 Å². The van der Waals surface area contributed by atoms with Crippen LogP contribution in [0.1, 0.15) is 11.4 Å². The molecular formula is C24H19ClF3N3O2S. The predicted molar refractivity (Wildman–Crippen MR) is 126 cm³/mol. The van der Waals surface area contributed by atoms with Gasteiger partial charge in [-0.05, 0) is 53.6 Å². The van der Waals surface area contributed by atoms with E-state index >= 15 is 0 Å². The van der Waals surface area contributed by atoms with E-state index in [1.54, 1.807) is 66.7 Å². The number of nitrogens with zero attached hydrogens (tertiary/aromatic N) is 2. The maximum atomic E-state index is 13.3. The summed E-state index contributed by atoms with van der Waals surface area (Å²) in [4.78, 5) is 0.223. The van der Waals surface area contributed by atoms with Crippen molar-refractivity contribution < 1.29 is 21.6 Å². The highest BCUT2D eigenvalue weighted by Gasteiger charge is 2.35. The fourth-order valence-electron chi connectivity index (χ4n) is 3.40. The van der Waals surface area contributed by atoms with E-state index in [0.29, 0.717) is 11.4 Å². The van der Waals surface area contributed by atoms with E-state index in [1.807, 2.05) is 0 Å². The maximum absolute atomic E-state index is 13.3. The van der Waals surface area contributed by atoms with Gasteiger partial charge in [0, 0.05) is 11.9 Å². The Morgan fingerprint density at radius 2 is 1.65 bits per heavy atom. The fraction of sp³-hybridized carbons (Fsp3) is 0.125. The number of sulfone groups is 1. The van der Waals surface area contributed by atoms with Gasteiger partial charge in [0.15, 0.2) is 15.5 Å². The predicted octanol–water partition coefficient (Wildman–Crippen LogP) is 6.23. The first-order chi connectivity index (χ1) is 16.0. The van der Waals surface area contributed by atoms with Gasteiger partial charge in [-0.3, -0.25) is 0 Å². The van der Waals surface area contributed by atoms with Crippen LogP contribution >= 0.6 is 11.6 Å². The average molecular weight is 506 g/mol. The van der Waals surface area contributed by atoms with Crippen LogP contribution in [0.15, 0.2) is 83.8 Å². The molecule has 1 N–H and O–H groups in total. The van der Waals surface area contributed by atoms with Crippen LogP contribution < -0.4 is 5.32 Å². The lowest BCUT2D eigenvalue weighted by molar-refractivity contribution is -0.141. The number of hydrogen-bond donors (Lipinski definition) is 1. The van der Waals surface area contributed by atoms with Crippen molar-refractivity contribution in [3.05, 3.63) is 95.3 Å². The summed E-state index contributed by atoms with van der Waals surface area (Å²) in [5, 5.41) is 7.11. The van der Waals surface area contributed by atoms with Crippen LogP contribution in [0.5, 0.6) is 0 Å². The minimum atomic E-state index is -4.59. The first-order valence-corrected chi connectivity index (χ1v) is 12.3. The molecule has 0 spiro atoms. The average Bonchev–Trinajstić information content (AvgIpc) is 3.22. The summed E-state index contributed by atoms with van der Waals surface area (Å²) in [6, 6.07) is 21.3. The van der Waals surface area contributed by atoms with Gasteiger partial charge < -0.3 is 5.32 Å². The van der Waals surface area contributed by atoms with E-state index in [0.717, 1.165) is 23.4 Å². The molecule has 4 rings (SSSR count). The Bertz CT molecular complexity index is 1430. The molecule has 0 bridgehead atoms. The Hall–Kier alpha value is -3.30. The summed E-state index contributed by atoms with van der Waals surface area (Å²) in [7, 11) is -3.33. The molecule has 0 unspecified atom stereocenters. The second kappa shape index (κ2) is 9.15. The molecule has 1 heterocycles. The lowest BCUT2D eigenvalue weighted by Gasteiger charge is -2.11. The number of halogens is 4. The third-order valence-corrected chi connectivity index (χ3v) is 6.54. The van der Waals surface area contributed by atoms with Crippen LogP contribution in [0, 0.1) is 0 Å². The molecule has 10 heteroatoms. The topological polar surface area (TPSA) is 64.0 Å². The number of nitrogens with one attached hydrogen (secondary N) is 1. The first kappa shape index (κ1) is 23.8. The number of aromatic nitrogens is 2. The minimum Gasteiger partial charge on any atom is -0.379 e. The summed E-state index contributed by atoms with van der Waals surface area (Å²) in [5.41, 5.74) is 1.83. The number of hydrogen-bond acceptors (Lipinski definition) is 4. The molecular weight excluding hydrogens is 487 g/mol. The lowest BCUT2D eigenvalue weighted by Crippen LogP contribution is -2.09. The van der Waals surface area contributed by atoms with Crippen LogP contribution in [0.25, 0.3) is 16.8 Å². The molecule has 34 heavy (non-hydrogen) atoms. The van der Waals surface area contributed by atoms with E-state index in [9.17, 15) is 21.6 Å². The Kier molecular flexibility index (Phi) is 6.42. The van der Waals surface area contributed by atoms with Crippen LogP contribution in [-0.4, -0.2) is 24.5 Å². The van der Waals surface area contributed by atoms with E-state index in [2.05, 4.69) is 10.4 Å². The van der Waals surface area contributed by atoms with Crippen LogP contribution in [0.2, 0.25) is 5.02 Å². The van der Waals surface area contributed by atoms with Gasteiger partial charge in [-0.2, -0.15) is 18.3 Å². The Balaban J connectivity index is 1.57. The van der Waals surface area contributed by atoms with Crippen molar-refractivity contribution in [2.24, 2.45) is 0 Å². The number of benzene rings is 3. The highest BCUT2D eigenvalue weighted by Crippen LogP contribution is 2.31. The second-order valence-corrected chi connectivity index (χ2v) is 10.0. The van der Waals surface area contributed by atoms with E-state index in [4.69, 9.17) is 11.6 Å². The summed E-state index contributed by atoms with van der Waals surface area (Å²) in [6.45, 7) is 0.0667. The SMILES string of the molecule is CS(=O)(=O)c1cccc(-c2ccc(NCc3cc(C(F)(F)F)nn3-c3ccccc3Cl)cc2)c1. The van der Waals surface area contributed by atoms with Gasteiger partial charge in [-0.1, -0.05) is 48.0 Å². The van der Waals surface area contributed by atoms with Crippen molar-refractivity contribution in [1.29, 1.82) is 0 Å². The lowest BCUT2D eigenvalue weighted by atomic mass is 10.1. The number of rotatable bonds is 6. The monoisotopic (exact) mass is 505 g/mol. The zero-order valence-corrected chi connectivity index (χ0v) is 19.4. The minimum absolute atomic E-state index is 0.0667. The maximum Gasteiger partial charge on any atom is 0.435 e. The van der Waals surface area contributed by atoms with Crippen molar-refractivity contribution in [1.82, 2.24) is 9.78 Å². The normalized spacial score (nSPS) is 12.0. The van der Waals surface area contributed by atoms with Gasteiger partial charge in [0.25, 0.3) is 0 Å². The highest BCUT2D eigenvalue weighted by atomic mass is 35.5. The Morgan fingerprint density at radius 3 is 2.29 bits per heavy atom. The molecule has 0 atom stereocenters. The van der Waals surface area contributed by atoms with E-state index in [1.165, 1.54) is 10.7 Å². The summed E-state index contributed by atoms with van der Waals surface area (Å²) in [6.07, 6.45) is -3.44. The Morgan fingerprint density at radius 1 is 0.941 bits per heavy atom. The molecule has 5 nitrogen and oxygen atoms in total. The molecule has 0 saturated carbocycles. The summed E-state index contributed by atoms with van der Waals surface area (Å²) < 4.78 is 64.7. The molecule has 176 valence electrons. The van der Waals surface area contributed by atoms with Gasteiger partial charge in [-0.15, -0.1) is 0 Å². The fourth-order valence-corrected chi connectivity index (χ4v) is 4.28. The van der Waals surface area contributed by atoms with Crippen molar-refractivity contribution in [2.75, 3.05) is 11.6 Å². The number of alkyl halides is 3. The first-order valence-electron chi connectivity index (χ1n) is 10.1. The zero-order valence-electron chi connectivity index (χ0n) is 17.8. The van der Waals surface area contributed by atoms with Crippen LogP contribution in [0.3, 0.4) is 0 Å². The van der Waals surface area contributed by atoms with Crippen LogP contribution in [0.4, 0.5) is 18.9 Å². The molecule has 0 aliphatic carbocycles. The summed E-state index contributed by atoms with van der Waals surface area (Å²) in [5.74, 6) is 0. The molecule has 0 radical (unpaired) electrons. The quantitative estimate of drug-likeness (QED) is 0.337. The standard InChI is InChI=1S/C24H19ClF3N3O2S/c1-34(32,33)20-6-4-5-17(13-20)16-9-11-18(12-10-16)29-15-19-14-23(24(26,27)28)30-31(19)22-8-3-2-7-21(22)25/h2-14,29H,15H2,1H3. The van der Waals surface area contributed by atoms with Crippen molar-refractivity contribution in [2.45, 2.75) is 17.6 Å². The third kappa shape index (κ3) is 5.26. The molecule has 0 fully saturated rings. The van der Waals surface area contributed by atoms with Gasteiger partial charge in [0.1, 0.15) is 0 Å². The molecule has 0 amide bonds. The second-order valence-electron chi connectivity index (χ2n) is 7.61. The number of anilines is 1. The van der Waals surface area contributed by atoms with Gasteiger partial charge in [0.05, 0.1) is 27.8 Å². The molecule has 1 aromatic heterocycles. The highest BCUT2D eigenvalue weighted by molar-refractivity contribution is 7.90. The largest absolute Gasteiger partial charge is 0.435 e. The molecule has 0 aliphatic heterocycles. The van der Waals surface area contributed by atoms with Crippen molar-refractivity contribution >= 4 is 27.1 Å². The molecule has 0 aliphatic rings. The Labute approximate surface area is 199 Å². The van der Waals surface area contributed by atoms with Gasteiger partial charge in [0.2, 0.25) is 0 Å². The smallest absolute Gasteiger partial charge is 0.379 e. The molecule has 3 aromatic carbocycles. The van der Waals surface area contributed by atoms with Crippen LogP contribution in [-0.2, 0) is 22.6 Å². The van der Waals surface area contributed by atoms with Crippen molar-refractivity contribution in [3.8, 4) is 16.8 Å². The third-order valence-electron chi connectivity index (χ3n) is 5.11.